The van der Waals surface area contributed by atoms with Crippen molar-refractivity contribution >= 4 is 17.3 Å². The van der Waals surface area contributed by atoms with E-state index in [4.69, 9.17) is 4.74 Å². The zero-order chi connectivity index (χ0) is 17.2. The van der Waals surface area contributed by atoms with Gasteiger partial charge in [-0.15, -0.1) is 11.3 Å². The van der Waals surface area contributed by atoms with Crippen molar-refractivity contribution in [2.45, 2.75) is 26.2 Å². The fraction of sp³-hybridized carbons (Fsp3) is 0.444. The van der Waals surface area contributed by atoms with Crippen LogP contribution in [0.2, 0.25) is 0 Å². The number of nitrogens with zero attached hydrogens (tertiary/aromatic N) is 2. The molecule has 0 amide bonds. The smallest absolute Gasteiger partial charge is 0.190 e. The molecule has 0 spiro atoms. The van der Waals surface area contributed by atoms with Crippen molar-refractivity contribution in [1.29, 1.82) is 0 Å². The molecule has 2 N–H and O–H groups in total. The third kappa shape index (κ3) is 6.20. The van der Waals surface area contributed by atoms with Crippen LogP contribution in [-0.4, -0.2) is 38.2 Å². The summed E-state index contributed by atoms with van der Waals surface area (Å²) in [6.45, 7) is 3.80. The van der Waals surface area contributed by atoms with Gasteiger partial charge in [0.25, 0.3) is 0 Å². The fourth-order valence-corrected chi connectivity index (χ4v) is 3.14. The van der Waals surface area contributed by atoms with Crippen LogP contribution >= 0.6 is 11.3 Å². The molecule has 130 valence electrons. The van der Waals surface area contributed by atoms with Crippen molar-refractivity contribution in [3.05, 3.63) is 45.9 Å². The second-order valence-corrected chi connectivity index (χ2v) is 6.81. The van der Waals surface area contributed by atoms with Crippen LogP contribution in [0.3, 0.4) is 0 Å². The second-order valence-electron chi connectivity index (χ2n) is 5.50. The van der Waals surface area contributed by atoms with Crippen LogP contribution < -0.4 is 15.4 Å². The Balaban J connectivity index is 1.64. The first kappa shape index (κ1) is 18.3. The van der Waals surface area contributed by atoms with Gasteiger partial charge in [-0.05, 0) is 37.5 Å². The second kappa shape index (κ2) is 9.93. The molecule has 1 aromatic carbocycles. The predicted octanol–water partition coefficient (Wildman–Crippen LogP) is 2.80. The van der Waals surface area contributed by atoms with E-state index in [0.717, 1.165) is 49.1 Å². The Hall–Kier alpha value is -2.08. The summed E-state index contributed by atoms with van der Waals surface area (Å²) < 4.78 is 5.25. The maximum Gasteiger partial charge on any atom is 0.190 e. The van der Waals surface area contributed by atoms with E-state index < -0.39 is 0 Å². The van der Waals surface area contributed by atoms with Gasteiger partial charge in [-0.1, -0.05) is 12.1 Å². The van der Waals surface area contributed by atoms with Crippen LogP contribution in [0.15, 0.2) is 35.5 Å². The van der Waals surface area contributed by atoms with E-state index in [-0.39, 0.29) is 0 Å². The highest BCUT2D eigenvalue weighted by molar-refractivity contribution is 7.11. The summed E-state index contributed by atoms with van der Waals surface area (Å²) in [7, 11) is 3.49. The first-order valence-electron chi connectivity index (χ1n) is 8.20. The predicted molar refractivity (Wildman–Crippen MR) is 101 cm³/mol. The quantitative estimate of drug-likeness (QED) is 0.438. The standard InChI is InChI=1S/C18H26N4OS/c1-14-13-22-17(24-14)9-11-21-18(19-2)20-10-5-7-15-6-4-8-16(12-15)23-3/h4,6,8,12-13H,5,7,9-11H2,1-3H3,(H2,19,20,21). The van der Waals surface area contributed by atoms with Crippen molar-refractivity contribution < 1.29 is 4.74 Å². The van der Waals surface area contributed by atoms with Gasteiger partial charge in [0.2, 0.25) is 0 Å². The molecule has 5 nitrogen and oxygen atoms in total. The van der Waals surface area contributed by atoms with Gasteiger partial charge in [0.15, 0.2) is 5.96 Å². The van der Waals surface area contributed by atoms with E-state index in [1.165, 1.54) is 10.4 Å². The number of methoxy groups -OCH3 is 1. The van der Waals surface area contributed by atoms with Gasteiger partial charge in [-0.3, -0.25) is 4.99 Å². The number of guanidine groups is 1. The van der Waals surface area contributed by atoms with Crippen LogP contribution in [0.1, 0.15) is 21.9 Å². The molecule has 0 aliphatic rings. The van der Waals surface area contributed by atoms with Gasteiger partial charge in [0.05, 0.1) is 12.1 Å². The van der Waals surface area contributed by atoms with E-state index in [1.807, 2.05) is 18.3 Å². The summed E-state index contributed by atoms with van der Waals surface area (Å²) in [5.74, 6) is 1.75. The third-order valence-electron chi connectivity index (χ3n) is 3.59. The normalized spacial score (nSPS) is 11.4. The number of rotatable bonds is 8. The van der Waals surface area contributed by atoms with E-state index in [0.29, 0.717) is 0 Å². The average molecular weight is 347 g/mol. The minimum atomic E-state index is 0.836. The molecule has 0 unspecified atom stereocenters. The maximum absolute atomic E-state index is 5.25. The summed E-state index contributed by atoms with van der Waals surface area (Å²) in [5, 5.41) is 7.84. The lowest BCUT2D eigenvalue weighted by molar-refractivity contribution is 0.414. The average Bonchev–Trinajstić information content (AvgIpc) is 3.02. The molecular formula is C18H26N4OS. The number of hydrogen-bond donors (Lipinski definition) is 2. The number of ether oxygens (including phenoxy) is 1. The lowest BCUT2D eigenvalue weighted by Crippen LogP contribution is -2.38. The minimum absolute atomic E-state index is 0.836. The molecule has 24 heavy (non-hydrogen) atoms. The Kier molecular flexibility index (Phi) is 7.55. The van der Waals surface area contributed by atoms with Gasteiger partial charge >= 0.3 is 0 Å². The molecule has 2 rings (SSSR count). The number of aliphatic imine (C=N–C) groups is 1. The zero-order valence-corrected chi connectivity index (χ0v) is 15.4. The first-order valence-corrected chi connectivity index (χ1v) is 9.01. The fourth-order valence-electron chi connectivity index (χ4n) is 2.35. The van der Waals surface area contributed by atoms with Crippen LogP contribution in [0, 0.1) is 6.92 Å². The molecule has 0 saturated carbocycles. The molecule has 0 fully saturated rings. The number of aryl methyl sites for hydroxylation is 2. The Morgan fingerprint density at radius 2 is 2.08 bits per heavy atom. The van der Waals surface area contributed by atoms with Gasteiger partial charge in [0.1, 0.15) is 5.75 Å². The molecule has 0 bridgehead atoms. The zero-order valence-electron chi connectivity index (χ0n) is 14.6. The van der Waals surface area contributed by atoms with Crippen molar-refractivity contribution in [3.8, 4) is 5.75 Å². The highest BCUT2D eigenvalue weighted by Crippen LogP contribution is 2.13. The number of nitrogens with one attached hydrogen (secondary N) is 2. The van der Waals surface area contributed by atoms with Crippen LogP contribution in [0.25, 0.3) is 0 Å². The largest absolute Gasteiger partial charge is 0.497 e. The molecule has 1 heterocycles. The number of hydrogen-bond acceptors (Lipinski definition) is 4. The third-order valence-corrected chi connectivity index (χ3v) is 4.57. The lowest BCUT2D eigenvalue weighted by atomic mass is 10.1. The van der Waals surface area contributed by atoms with Crippen LogP contribution in [-0.2, 0) is 12.8 Å². The molecule has 0 atom stereocenters. The SMILES string of the molecule is CN=C(NCCCc1cccc(OC)c1)NCCc1ncc(C)s1. The van der Waals surface area contributed by atoms with Gasteiger partial charge in [0, 0.05) is 37.6 Å². The molecule has 2 aromatic rings. The molecule has 0 saturated heterocycles. The maximum atomic E-state index is 5.25. The van der Waals surface area contributed by atoms with Gasteiger partial charge in [-0.25, -0.2) is 4.98 Å². The first-order chi connectivity index (χ1) is 11.7. The van der Waals surface area contributed by atoms with E-state index in [9.17, 15) is 0 Å². The number of aromatic nitrogens is 1. The van der Waals surface area contributed by atoms with Crippen molar-refractivity contribution in [1.82, 2.24) is 15.6 Å². The van der Waals surface area contributed by atoms with E-state index in [2.05, 4.69) is 39.7 Å². The Bertz CT molecular complexity index is 654. The monoisotopic (exact) mass is 346 g/mol. The summed E-state index contributed by atoms with van der Waals surface area (Å²) in [4.78, 5) is 9.88. The Labute approximate surface area is 148 Å². The number of thiazole rings is 1. The Morgan fingerprint density at radius 1 is 1.25 bits per heavy atom. The van der Waals surface area contributed by atoms with Crippen molar-refractivity contribution in [3.63, 3.8) is 0 Å². The van der Waals surface area contributed by atoms with E-state index in [1.54, 1.807) is 25.5 Å². The highest BCUT2D eigenvalue weighted by atomic mass is 32.1. The van der Waals surface area contributed by atoms with Gasteiger partial charge < -0.3 is 15.4 Å². The molecule has 0 aliphatic heterocycles. The summed E-state index contributed by atoms with van der Waals surface area (Å²) in [6.07, 6.45) is 4.90. The molecular weight excluding hydrogens is 320 g/mol. The molecule has 0 aliphatic carbocycles. The van der Waals surface area contributed by atoms with Crippen LogP contribution in [0.4, 0.5) is 0 Å². The summed E-state index contributed by atoms with van der Waals surface area (Å²) >= 11 is 1.75. The van der Waals surface area contributed by atoms with Crippen molar-refractivity contribution in [2.75, 3.05) is 27.2 Å². The Morgan fingerprint density at radius 3 is 2.79 bits per heavy atom. The van der Waals surface area contributed by atoms with Crippen molar-refractivity contribution in [2.24, 2.45) is 4.99 Å². The lowest BCUT2D eigenvalue weighted by Gasteiger charge is -2.11. The summed E-state index contributed by atoms with van der Waals surface area (Å²) in [5.41, 5.74) is 1.29. The molecule has 0 radical (unpaired) electrons. The van der Waals surface area contributed by atoms with Crippen LogP contribution in [0.5, 0.6) is 5.75 Å². The number of benzene rings is 1. The molecule has 1 aromatic heterocycles. The van der Waals surface area contributed by atoms with E-state index >= 15 is 0 Å². The topological polar surface area (TPSA) is 58.5 Å². The van der Waals surface area contributed by atoms with Gasteiger partial charge in [-0.2, -0.15) is 0 Å². The minimum Gasteiger partial charge on any atom is -0.497 e. The molecule has 6 heteroatoms. The highest BCUT2D eigenvalue weighted by Gasteiger charge is 2.01. The summed E-state index contributed by atoms with van der Waals surface area (Å²) in [6, 6.07) is 8.22.